The number of hydrogen-bond acceptors (Lipinski definition) is 4. The van der Waals surface area contributed by atoms with Crippen molar-refractivity contribution in [3.8, 4) is 0 Å². The van der Waals surface area contributed by atoms with Gasteiger partial charge in [-0.2, -0.15) is 0 Å². The second kappa shape index (κ2) is 6.16. The average Bonchev–Trinajstić information content (AvgIpc) is 3.33. The topological polar surface area (TPSA) is 43.6 Å². The van der Waals surface area contributed by atoms with Gasteiger partial charge >= 0.3 is 0 Å². The molecule has 0 aliphatic heterocycles. The maximum atomic E-state index is 4.26. The molecule has 2 aromatic carbocycles. The van der Waals surface area contributed by atoms with E-state index >= 15 is 0 Å². The summed E-state index contributed by atoms with van der Waals surface area (Å²) < 4.78 is 1.98. The minimum Gasteiger partial charge on any atom is -0.217 e. The Bertz CT molecular complexity index is 796. The molecule has 4 nitrogen and oxygen atoms in total. The fourth-order valence-electron chi connectivity index (χ4n) is 2.74. The normalized spacial score (nSPS) is 15.5. The van der Waals surface area contributed by atoms with Gasteiger partial charge in [0.15, 0.2) is 0 Å². The van der Waals surface area contributed by atoms with Crippen LogP contribution in [0.4, 0.5) is 0 Å². The molecule has 1 fully saturated rings. The highest BCUT2D eigenvalue weighted by atomic mass is 32.2. The summed E-state index contributed by atoms with van der Waals surface area (Å²) >= 11 is 1.74. The Balaban J connectivity index is 1.73. The zero-order valence-corrected chi connectivity index (χ0v) is 13.8. The Labute approximate surface area is 139 Å². The van der Waals surface area contributed by atoms with Gasteiger partial charge in [-0.1, -0.05) is 66.4 Å². The summed E-state index contributed by atoms with van der Waals surface area (Å²) in [4.78, 5) is 0. The van der Waals surface area contributed by atoms with Crippen LogP contribution in [-0.2, 0) is 0 Å². The highest BCUT2D eigenvalue weighted by molar-refractivity contribution is 7.99. The first-order chi connectivity index (χ1) is 11.3. The van der Waals surface area contributed by atoms with Gasteiger partial charge in [0.2, 0.25) is 5.16 Å². The third-order valence-electron chi connectivity index (χ3n) is 4.15. The molecular weight excluding hydrogens is 304 g/mol. The zero-order chi connectivity index (χ0) is 15.6. The predicted molar refractivity (Wildman–Crippen MR) is 91.4 cm³/mol. The van der Waals surface area contributed by atoms with E-state index in [9.17, 15) is 0 Å². The molecule has 4 rings (SSSR count). The molecule has 5 heteroatoms. The van der Waals surface area contributed by atoms with Crippen molar-refractivity contribution in [2.24, 2.45) is 0 Å². The summed E-state index contributed by atoms with van der Waals surface area (Å²) in [6, 6.07) is 19.6. The van der Waals surface area contributed by atoms with Gasteiger partial charge in [0.1, 0.15) is 0 Å². The number of thioether (sulfide) groups is 1. The van der Waals surface area contributed by atoms with Gasteiger partial charge in [-0.05, 0) is 46.9 Å². The van der Waals surface area contributed by atoms with Crippen LogP contribution in [-0.4, -0.2) is 20.2 Å². The third-order valence-corrected chi connectivity index (χ3v) is 5.39. The zero-order valence-electron chi connectivity index (χ0n) is 13.0. The number of nitrogens with zero attached hydrogens (tertiary/aromatic N) is 4. The van der Waals surface area contributed by atoms with Crippen LogP contribution in [0.2, 0.25) is 0 Å². The van der Waals surface area contributed by atoms with Crippen LogP contribution in [0.3, 0.4) is 0 Å². The van der Waals surface area contributed by atoms with Crippen molar-refractivity contribution in [3.63, 3.8) is 0 Å². The second-order valence-electron chi connectivity index (χ2n) is 5.90. The molecule has 0 spiro atoms. The molecule has 1 aliphatic carbocycles. The first-order valence-corrected chi connectivity index (χ1v) is 8.76. The van der Waals surface area contributed by atoms with Crippen molar-refractivity contribution in [2.75, 3.05) is 0 Å². The van der Waals surface area contributed by atoms with Crippen molar-refractivity contribution in [1.29, 1.82) is 0 Å². The van der Waals surface area contributed by atoms with Gasteiger partial charge in [-0.3, -0.25) is 0 Å². The molecule has 0 amide bonds. The lowest BCUT2D eigenvalue weighted by Gasteiger charge is -2.19. The van der Waals surface area contributed by atoms with Crippen molar-refractivity contribution >= 4 is 11.8 Å². The second-order valence-corrected chi connectivity index (χ2v) is 6.97. The first kappa shape index (κ1) is 14.5. The predicted octanol–water partition coefficient (Wildman–Crippen LogP) is 4.20. The Morgan fingerprint density at radius 3 is 2.52 bits per heavy atom. The largest absolute Gasteiger partial charge is 0.217 e. The summed E-state index contributed by atoms with van der Waals surface area (Å²) in [7, 11) is 0. The minimum absolute atomic E-state index is 0.195. The number of hydrogen-bond donors (Lipinski definition) is 0. The summed E-state index contributed by atoms with van der Waals surface area (Å²) in [5, 5.41) is 13.4. The van der Waals surface area contributed by atoms with Crippen LogP contribution in [0.1, 0.15) is 40.8 Å². The molecule has 1 aromatic heterocycles. The lowest BCUT2D eigenvalue weighted by atomic mass is 10.0. The molecular formula is C18H18N4S. The van der Waals surface area contributed by atoms with E-state index in [0.29, 0.717) is 6.04 Å². The Morgan fingerprint density at radius 2 is 1.78 bits per heavy atom. The highest BCUT2D eigenvalue weighted by Gasteiger charge is 2.29. The highest BCUT2D eigenvalue weighted by Crippen LogP contribution is 2.43. The number of aryl methyl sites for hydroxylation is 1. The van der Waals surface area contributed by atoms with Gasteiger partial charge in [0, 0.05) is 0 Å². The molecule has 1 unspecified atom stereocenters. The molecule has 116 valence electrons. The van der Waals surface area contributed by atoms with Crippen molar-refractivity contribution in [1.82, 2.24) is 20.2 Å². The van der Waals surface area contributed by atoms with E-state index in [0.717, 1.165) is 5.16 Å². The minimum atomic E-state index is 0.195. The average molecular weight is 322 g/mol. The quantitative estimate of drug-likeness (QED) is 0.660. The molecule has 1 aliphatic rings. The number of tetrazole rings is 1. The van der Waals surface area contributed by atoms with Crippen LogP contribution >= 0.6 is 11.8 Å². The Kier molecular flexibility index (Phi) is 3.87. The molecule has 0 N–H and O–H groups in total. The first-order valence-electron chi connectivity index (χ1n) is 7.88. The summed E-state index contributed by atoms with van der Waals surface area (Å²) in [6.45, 7) is 2.16. The van der Waals surface area contributed by atoms with Crippen molar-refractivity contribution in [2.45, 2.75) is 36.2 Å². The smallest absolute Gasteiger partial charge is 0.210 e. The van der Waals surface area contributed by atoms with Gasteiger partial charge in [-0.25, -0.2) is 4.68 Å². The lowest BCUT2D eigenvalue weighted by Crippen LogP contribution is -2.04. The summed E-state index contributed by atoms with van der Waals surface area (Å²) in [6.07, 6.45) is 2.36. The molecule has 1 atom stereocenters. The molecule has 0 bridgehead atoms. The van der Waals surface area contributed by atoms with E-state index in [2.05, 4.69) is 77.0 Å². The SMILES string of the molecule is Cc1ccccc1C(Sc1nnnn1C1CC1)c1ccccc1. The van der Waals surface area contributed by atoms with Gasteiger partial charge in [-0.15, -0.1) is 5.10 Å². The van der Waals surface area contributed by atoms with E-state index in [1.165, 1.54) is 29.5 Å². The van der Waals surface area contributed by atoms with Crippen LogP contribution in [0, 0.1) is 6.92 Å². The van der Waals surface area contributed by atoms with Crippen LogP contribution in [0.5, 0.6) is 0 Å². The van der Waals surface area contributed by atoms with Crippen LogP contribution in [0.25, 0.3) is 0 Å². The monoisotopic (exact) mass is 322 g/mol. The van der Waals surface area contributed by atoms with E-state index in [4.69, 9.17) is 0 Å². The Hall–Kier alpha value is -2.14. The van der Waals surface area contributed by atoms with E-state index in [-0.39, 0.29) is 5.25 Å². The molecule has 3 aromatic rings. The molecule has 23 heavy (non-hydrogen) atoms. The lowest BCUT2D eigenvalue weighted by molar-refractivity contribution is 0.565. The maximum absolute atomic E-state index is 4.26. The standard InChI is InChI=1S/C18H18N4S/c1-13-7-5-6-10-16(13)17(14-8-3-2-4-9-14)23-18-19-20-21-22(18)15-11-12-15/h2-10,15,17H,11-12H2,1H3. The van der Waals surface area contributed by atoms with Crippen LogP contribution < -0.4 is 0 Å². The van der Waals surface area contributed by atoms with Crippen molar-refractivity contribution < 1.29 is 0 Å². The Morgan fingerprint density at radius 1 is 1.04 bits per heavy atom. The molecule has 1 heterocycles. The van der Waals surface area contributed by atoms with E-state index in [1.807, 2.05) is 4.68 Å². The fourth-order valence-corrected chi connectivity index (χ4v) is 4.01. The van der Waals surface area contributed by atoms with E-state index < -0.39 is 0 Å². The number of benzene rings is 2. The molecule has 0 saturated heterocycles. The molecule has 1 saturated carbocycles. The molecule has 0 radical (unpaired) electrons. The number of rotatable bonds is 5. The summed E-state index contributed by atoms with van der Waals surface area (Å²) in [5.41, 5.74) is 3.88. The third kappa shape index (κ3) is 3.01. The van der Waals surface area contributed by atoms with Crippen molar-refractivity contribution in [3.05, 3.63) is 71.3 Å². The van der Waals surface area contributed by atoms with Gasteiger partial charge in [0.05, 0.1) is 11.3 Å². The van der Waals surface area contributed by atoms with Gasteiger partial charge in [0.25, 0.3) is 0 Å². The van der Waals surface area contributed by atoms with Crippen LogP contribution in [0.15, 0.2) is 59.8 Å². The van der Waals surface area contributed by atoms with E-state index in [1.54, 1.807) is 11.8 Å². The number of aromatic nitrogens is 4. The maximum Gasteiger partial charge on any atom is 0.210 e. The fraction of sp³-hybridized carbons (Fsp3) is 0.278. The van der Waals surface area contributed by atoms with Gasteiger partial charge < -0.3 is 0 Å². The summed E-state index contributed by atoms with van der Waals surface area (Å²) in [5.74, 6) is 0.